The first-order valence-corrected chi connectivity index (χ1v) is 13.2. The van der Waals surface area contributed by atoms with Crippen LogP contribution in [0.1, 0.15) is 50.2 Å². The van der Waals surface area contributed by atoms with E-state index in [1.54, 1.807) is 58.2 Å². The zero-order valence-corrected chi connectivity index (χ0v) is 23.7. The summed E-state index contributed by atoms with van der Waals surface area (Å²) >= 11 is 0. The summed E-state index contributed by atoms with van der Waals surface area (Å²) in [6.07, 6.45) is 0.340. The molecule has 2 aromatic carbocycles. The Bertz CT molecular complexity index is 1360. The Balaban J connectivity index is 1.95. The van der Waals surface area contributed by atoms with Crippen LogP contribution in [-0.2, 0) is 23.9 Å². The van der Waals surface area contributed by atoms with E-state index in [1.807, 2.05) is 12.1 Å². The van der Waals surface area contributed by atoms with Gasteiger partial charge in [-0.05, 0) is 63.1 Å². The smallest absolute Gasteiger partial charge is 0.336 e. The maximum Gasteiger partial charge on any atom is 0.336 e. The lowest BCUT2D eigenvalue weighted by Gasteiger charge is -2.39. The van der Waals surface area contributed by atoms with Crippen molar-refractivity contribution in [2.45, 2.75) is 39.0 Å². The van der Waals surface area contributed by atoms with Gasteiger partial charge in [0.1, 0.15) is 23.2 Å². The fraction of sp³-hybridized carbons (Fsp3) is 0.387. The van der Waals surface area contributed by atoms with Gasteiger partial charge < -0.3 is 29.0 Å². The van der Waals surface area contributed by atoms with Crippen LogP contribution in [0.25, 0.3) is 0 Å². The molecule has 4 rings (SSSR count). The van der Waals surface area contributed by atoms with E-state index in [4.69, 9.17) is 23.7 Å². The molecule has 2 aromatic rings. The molecule has 0 saturated carbocycles. The number of ether oxygens (including phenoxy) is 5. The number of ketones is 1. The van der Waals surface area contributed by atoms with Gasteiger partial charge in [-0.3, -0.25) is 9.59 Å². The fourth-order valence-corrected chi connectivity index (χ4v) is 5.56. The molecule has 1 aliphatic carbocycles. The SMILES string of the molecule is CCOC(=O)C1=C(C)NC2=C(C(=O)[C@H](C(=O)OCC)[C@H](c3ccc(OC)cc3)C2)[C@@H]1c1cc(OC)ccc1OC. The van der Waals surface area contributed by atoms with E-state index in [9.17, 15) is 14.4 Å². The van der Waals surface area contributed by atoms with Crippen LogP contribution in [-0.4, -0.2) is 52.3 Å². The average molecular weight is 550 g/mol. The molecule has 0 aromatic heterocycles. The Morgan fingerprint density at radius 2 is 1.55 bits per heavy atom. The number of methoxy groups -OCH3 is 3. The number of benzene rings is 2. The molecule has 0 saturated heterocycles. The van der Waals surface area contributed by atoms with Crippen LogP contribution < -0.4 is 19.5 Å². The van der Waals surface area contributed by atoms with Crippen molar-refractivity contribution in [2.24, 2.45) is 5.92 Å². The first kappa shape index (κ1) is 28.7. The molecule has 0 amide bonds. The third-order valence-corrected chi connectivity index (χ3v) is 7.35. The molecule has 0 spiro atoms. The van der Waals surface area contributed by atoms with E-state index >= 15 is 0 Å². The number of esters is 2. The number of hydrogen-bond acceptors (Lipinski definition) is 9. The van der Waals surface area contributed by atoms with Crippen molar-refractivity contribution in [3.8, 4) is 17.2 Å². The molecular formula is C31H35NO8. The zero-order chi connectivity index (χ0) is 29.0. The second-order valence-electron chi connectivity index (χ2n) is 9.50. The third kappa shape index (κ3) is 5.28. The Labute approximate surface area is 234 Å². The molecule has 3 atom stereocenters. The summed E-state index contributed by atoms with van der Waals surface area (Å²) in [5, 5.41) is 3.31. The first-order valence-electron chi connectivity index (χ1n) is 13.2. The Morgan fingerprint density at radius 3 is 2.15 bits per heavy atom. The summed E-state index contributed by atoms with van der Waals surface area (Å²) < 4.78 is 27.3. The van der Waals surface area contributed by atoms with Gasteiger partial charge in [-0.25, -0.2) is 4.79 Å². The highest BCUT2D eigenvalue weighted by Crippen LogP contribution is 2.50. The van der Waals surface area contributed by atoms with Crippen LogP contribution in [0.15, 0.2) is 65.0 Å². The largest absolute Gasteiger partial charge is 0.497 e. The molecule has 9 nitrogen and oxygen atoms in total. The topological polar surface area (TPSA) is 109 Å². The van der Waals surface area contributed by atoms with Crippen LogP contribution in [0, 0.1) is 5.92 Å². The maximum atomic E-state index is 14.5. The summed E-state index contributed by atoms with van der Waals surface area (Å²) in [4.78, 5) is 41.2. The van der Waals surface area contributed by atoms with Gasteiger partial charge >= 0.3 is 11.9 Å². The van der Waals surface area contributed by atoms with Gasteiger partial charge in [0.2, 0.25) is 0 Å². The molecular weight excluding hydrogens is 514 g/mol. The van der Waals surface area contributed by atoms with Crippen LogP contribution in [0.3, 0.4) is 0 Å². The fourth-order valence-electron chi connectivity index (χ4n) is 5.56. The Kier molecular flexibility index (Phi) is 8.82. The lowest BCUT2D eigenvalue weighted by molar-refractivity contribution is -0.152. The predicted octanol–water partition coefficient (Wildman–Crippen LogP) is 4.43. The number of carbonyl (C=O) groups excluding carboxylic acids is 3. The quantitative estimate of drug-likeness (QED) is 0.359. The van der Waals surface area contributed by atoms with Gasteiger partial charge in [0.05, 0.1) is 46.0 Å². The summed E-state index contributed by atoms with van der Waals surface area (Å²) in [6.45, 7) is 5.48. The lowest BCUT2D eigenvalue weighted by atomic mass is 9.67. The number of Topliss-reactive ketones (excluding diaryl/α,β-unsaturated/α-hetero) is 1. The normalized spacial score (nSPS) is 20.4. The number of rotatable bonds is 9. The van der Waals surface area contributed by atoms with Crippen LogP contribution in [0.5, 0.6) is 17.2 Å². The van der Waals surface area contributed by atoms with Gasteiger partial charge in [0.25, 0.3) is 0 Å². The highest BCUT2D eigenvalue weighted by Gasteiger charge is 2.49. The third-order valence-electron chi connectivity index (χ3n) is 7.35. The maximum absolute atomic E-state index is 14.5. The summed E-state index contributed by atoms with van der Waals surface area (Å²) in [7, 11) is 4.63. The molecule has 0 bridgehead atoms. The number of hydrogen-bond donors (Lipinski definition) is 1. The minimum absolute atomic E-state index is 0.127. The monoisotopic (exact) mass is 549 g/mol. The lowest BCUT2D eigenvalue weighted by Crippen LogP contribution is -2.43. The average Bonchev–Trinajstić information content (AvgIpc) is 2.96. The summed E-state index contributed by atoms with van der Waals surface area (Å²) in [5.74, 6) is -2.41. The van der Waals surface area contributed by atoms with Gasteiger partial charge in [-0.1, -0.05) is 12.1 Å². The molecule has 2 aliphatic rings. The number of allylic oxidation sites excluding steroid dienone is 3. The van der Waals surface area contributed by atoms with Gasteiger partial charge in [-0.15, -0.1) is 0 Å². The highest BCUT2D eigenvalue weighted by atomic mass is 16.5. The van der Waals surface area contributed by atoms with Crippen molar-refractivity contribution in [3.63, 3.8) is 0 Å². The standard InChI is InChI=1S/C31H35NO8/c1-7-39-30(34)25-17(3)32-23-16-21(18-9-11-19(36-4)12-10-18)27(31(35)40-8-2)29(33)28(23)26(25)22-15-20(37-5)13-14-24(22)38-6/h9-15,21,26-27,32H,7-8,16H2,1-6H3/t21-,26+,27+/m0/s1. The molecule has 212 valence electrons. The Hall–Kier alpha value is -4.27. The van der Waals surface area contributed by atoms with Crippen molar-refractivity contribution in [2.75, 3.05) is 34.5 Å². The summed E-state index contributed by atoms with van der Waals surface area (Å²) in [6, 6.07) is 12.5. The van der Waals surface area contributed by atoms with Gasteiger partial charge in [0.15, 0.2) is 5.78 Å². The second kappa shape index (κ2) is 12.3. The first-order chi connectivity index (χ1) is 19.3. The van der Waals surface area contributed by atoms with Crippen LogP contribution in [0.2, 0.25) is 0 Å². The van der Waals surface area contributed by atoms with Gasteiger partial charge in [0, 0.05) is 28.4 Å². The number of dihydropyridines is 1. The van der Waals surface area contributed by atoms with Crippen molar-refractivity contribution in [3.05, 3.63) is 76.1 Å². The molecule has 9 heteroatoms. The van der Waals surface area contributed by atoms with E-state index < -0.39 is 35.5 Å². The highest BCUT2D eigenvalue weighted by molar-refractivity contribution is 6.13. The molecule has 0 radical (unpaired) electrons. The molecule has 40 heavy (non-hydrogen) atoms. The van der Waals surface area contributed by atoms with Crippen molar-refractivity contribution < 1.29 is 38.1 Å². The molecule has 1 aliphatic heterocycles. The number of carbonyl (C=O) groups is 3. The van der Waals surface area contributed by atoms with Crippen molar-refractivity contribution in [1.29, 1.82) is 0 Å². The second-order valence-corrected chi connectivity index (χ2v) is 9.50. The van der Waals surface area contributed by atoms with E-state index in [-0.39, 0.29) is 18.8 Å². The Morgan fingerprint density at radius 1 is 0.900 bits per heavy atom. The minimum atomic E-state index is -1.12. The minimum Gasteiger partial charge on any atom is -0.497 e. The van der Waals surface area contributed by atoms with E-state index in [2.05, 4.69) is 5.32 Å². The zero-order valence-electron chi connectivity index (χ0n) is 23.7. The molecule has 1 heterocycles. The molecule has 0 fully saturated rings. The van der Waals surface area contributed by atoms with E-state index in [1.165, 1.54) is 14.2 Å². The van der Waals surface area contributed by atoms with E-state index in [0.717, 1.165) is 5.56 Å². The molecule has 0 unspecified atom stereocenters. The van der Waals surface area contributed by atoms with Crippen LogP contribution in [0.4, 0.5) is 0 Å². The van der Waals surface area contributed by atoms with Gasteiger partial charge in [-0.2, -0.15) is 0 Å². The van der Waals surface area contributed by atoms with Crippen molar-refractivity contribution in [1.82, 2.24) is 5.32 Å². The van der Waals surface area contributed by atoms with Crippen molar-refractivity contribution >= 4 is 17.7 Å². The van der Waals surface area contributed by atoms with Crippen LogP contribution >= 0.6 is 0 Å². The molecule has 1 N–H and O–H groups in total. The predicted molar refractivity (Wildman–Crippen MR) is 147 cm³/mol. The summed E-state index contributed by atoms with van der Waals surface area (Å²) in [5.41, 5.74) is 3.12. The number of nitrogens with one attached hydrogen (secondary N) is 1. The van der Waals surface area contributed by atoms with E-state index in [0.29, 0.717) is 46.2 Å².